The molecule has 1 fully saturated rings. The van der Waals surface area contributed by atoms with Gasteiger partial charge in [-0.3, -0.25) is 4.79 Å². The van der Waals surface area contributed by atoms with Crippen molar-refractivity contribution in [1.82, 2.24) is 4.90 Å². The van der Waals surface area contributed by atoms with Crippen LogP contribution in [0.4, 0.5) is 10.1 Å². The Kier molecular flexibility index (Phi) is 5.85. The monoisotopic (exact) mass is 415 g/mol. The molecule has 2 aromatic carbocycles. The quantitative estimate of drug-likeness (QED) is 0.460. The number of hydrogen-bond acceptors (Lipinski definition) is 4. The molecular weight excluding hydrogens is 393 g/mol. The van der Waals surface area contributed by atoms with Gasteiger partial charge in [0, 0.05) is 43.5 Å². The highest BCUT2D eigenvalue weighted by molar-refractivity contribution is 6.01. The Hall–Kier alpha value is -3.85. The van der Waals surface area contributed by atoms with E-state index >= 15 is 0 Å². The van der Waals surface area contributed by atoms with E-state index in [1.165, 1.54) is 23.8 Å². The second kappa shape index (κ2) is 8.88. The summed E-state index contributed by atoms with van der Waals surface area (Å²) < 4.78 is 18.8. The average molecular weight is 415 g/mol. The molecule has 1 saturated heterocycles. The molecule has 0 N–H and O–H groups in total. The van der Waals surface area contributed by atoms with Crippen LogP contribution in [0, 0.1) is 24.1 Å². The van der Waals surface area contributed by atoms with Crippen LogP contribution in [0.15, 0.2) is 70.7 Å². The van der Waals surface area contributed by atoms with Crippen molar-refractivity contribution in [2.45, 2.75) is 6.92 Å². The third kappa shape index (κ3) is 4.67. The first-order valence-corrected chi connectivity index (χ1v) is 10.1. The van der Waals surface area contributed by atoms with Crippen molar-refractivity contribution >= 4 is 17.7 Å². The predicted molar refractivity (Wildman–Crippen MR) is 118 cm³/mol. The standard InChI is InChI=1S/C25H22FN3O2/c1-18-3-2-4-22(15-18)28-11-13-29(14-12-28)25(30)20(17-27)16-23-9-10-24(31-23)19-5-7-21(26)8-6-19/h2-10,15-16H,11-14H2,1H3/b20-16+. The topological polar surface area (TPSA) is 60.5 Å². The summed E-state index contributed by atoms with van der Waals surface area (Å²) >= 11 is 0. The number of piperazine rings is 1. The molecular formula is C25H22FN3O2. The van der Waals surface area contributed by atoms with E-state index in [9.17, 15) is 14.4 Å². The van der Waals surface area contributed by atoms with Gasteiger partial charge in [-0.15, -0.1) is 0 Å². The van der Waals surface area contributed by atoms with Gasteiger partial charge in [0.2, 0.25) is 0 Å². The number of hydrogen-bond donors (Lipinski definition) is 0. The fraction of sp³-hybridized carbons (Fsp3) is 0.200. The molecule has 31 heavy (non-hydrogen) atoms. The van der Waals surface area contributed by atoms with Gasteiger partial charge >= 0.3 is 0 Å². The lowest BCUT2D eigenvalue weighted by atomic mass is 10.1. The van der Waals surface area contributed by atoms with E-state index in [2.05, 4.69) is 30.0 Å². The van der Waals surface area contributed by atoms with Gasteiger partial charge in [-0.25, -0.2) is 4.39 Å². The Morgan fingerprint density at radius 3 is 2.48 bits per heavy atom. The smallest absolute Gasteiger partial charge is 0.264 e. The van der Waals surface area contributed by atoms with E-state index in [0.717, 1.165) is 11.3 Å². The van der Waals surface area contributed by atoms with Crippen molar-refractivity contribution in [1.29, 1.82) is 5.26 Å². The van der Waals surface area contributed by atoms with Gasteiger partial charge in [0.05, 0.1) is 0 Å². The van der Waals surface area contributed by atoms with Crippen molar-refractivity contribution in [3.63, 3.8) is 0 Å². The SMILES string of the molecule is Cc1cccc(N2CCN(C(=O)/C(C#N)=C/c3ccc(-c4ccc(F)cc4)o3)CC2)c1. The van der Waals surface area contributed by atoms with Crippen LogP contribution in [0.1, 0.15) is 11.3 Å². The molecule has 0 unspecified atom stereocenters. The van der Waals surface area contributed by atoms with Gasteiger partial charge in [0.15, 0.2) is 0 Å². The molecule has 3 aromatic rings. The lowest BCUT2D eigenvalue weighted by Crippen LogP contribution is -2.49. The molecule has 1 amide bonds. The molecule has 6 heteroatoms. The first-order valence-electron chi connectivity index (χ1n) is 10.1. The third-order valence-electron chi connectivity index (χ3n) is 5.33. The van der Waals surface area contributed by atoms with Gasteiger partial charge in [0.1, 0.15) is 29.0 Å². The van der Waals surface area contributed by atoms with Crippen LogP contribution in [0.25, 0.3) is 17.4 Å². The summed E-state index contributed by atoms with van der Waals surface area (Å²) in [6.07, 6.45) is 1.46. The summed E-state index contributed by atoms with van der Waals surface area (Å²) in [5.41, 5.74) is 3.10. The number of halogens is 1. The highest BCUT2D eigenvalue weighted by Gasteiger charge is 2.24. The van der Waals surface area contributed by atoms with Crippen LogP contribution in [-0.2, 0) is 4.79 Å². The summed E-state index contributed by atoms with van der Waals surface area (Å²) in [5, 5.41) is 9.54. The number of amides is 1. The fourth-order valence-corrected chi connectivity index (χ4v) is 3.65. The van der Waals surface area contributed by atoms with Crippen molar-refractivity contribution in [2.24, 2.45) is 0 Å². The van der Waals surface area contributed by atoms with Crippen molar-refractivity contribution < 1.29 is 13.6 Å². The van der Waals surface area contributed by atoms with Crippen molar-refractivity contribution in [3.05, 3.63) is 83.4 Å². The largest absolute Gasteiger partial charge is 0.457 e. The van der Waals surface area contributed by atoms with Crippen LogP contribution < -0.4 is 4.90 Å². The minimum atomic E-state index is -0.324. The Morgan fingerprint density at radius 2 is 1.81 bits per heavy atom. The second-order valence-electron chi connectivity index (χ2n) is 7.50. The minimum Gasteiger partial charge on any atom is -0.457 e. The third-order valence-corrected chi connectivity index (χ3v) is 5.33. The molecule has 2 heterocycles. The summed E-state index contributed by atoms with van der Waals surface area (Å²) in [5.74, 6) is 0.326. The number of carbonyl (C=O) groups excluding carboxylic acids is 1. The molecule has 0 radical (unpaired) electrons. The maximum absolute atomic E-state index is 13.1. The normalized spacial score (nSPS) is 14.4. The molecule has 1 aliphatic heterocycles. The van der Waals surface area contributed by atoms with E-state index in [-0.39, 0.29) is 17.3 Å². The number of anilines is 1. The molecule has 0 spiro atoms. The Bertz CT molecular complexity index is 1150. The van der Waals surface area contributed by atoms with Gasteiger partial charge in [0.25, 0.3) is 5.91 Å². The van der Waals surface area contributed by atoms with Gasteiger partial charge in [-0.1, -0.05) is 12.1 Å². The number of rotatable bonds is 4. The molecule has 1 aromatic heterocycles. The van der Waals surface area contributed by atoms with Gasteiger partial charge in [-0.2, -0.15) is 5.26 Å². The van der Waals surface area contributed by atoms with E-state index in [1.807, 2.05) is 12.1 Å². The van der Waals surface area contributed by atoms with Gasteiger partial charge in [-0.05, 0) is 61.0 Å². The first kappa shape index (κ1) is 20.4. The molecule has 0 aliphatic carbocycles. The summed E-state index contributed by atoms with van der Waals surface area (Å²) in [6, 6.07) is 19.7. The number of benzene rings is 2. The molecule has 0 saturated carbocycles. The van der Waals surface area contributed by atoms with Gasteiger partial charge < -0.3 is 14.2 Å². The van der Waals surface area contributed by atoms with Crippen molar-refractivity contribution in [3.8, 4) is 17.4 Å². The highest BCUT2D eigenvalue weighted by Crippen LogP contribution is 2.24. The maximum Gasteiger partial charge on any atom is 0.264 e. The molecule has 0 atom stereocenters. The van der Waals surface area contributed by atoms with E-state index in [4.69, 9.17) is 4.42 Å². The van der Waals surface area contributed by atoms with E-state index in [0.29, 0.717) is 37.7 Å². The Labute approximate surface area is 180 Å². The molecule has 0 bridgehead atoms. The molecule has 5 nitrogen and oxygen atoms in total. The summed E-state index contributed by atoms with van der Waals surface area (Å²) in [4.78, 5) is 16.8. The molecule has 156 valence electrons. The summed E-state index contributed by atoms with van der Waals surface area (Å²) in [7, 11) is 0. The fourth-order valence-electron chi connectivity index (χ4n) is 3.65. The second-order valence-corrected chi connectivity index (χ2v) is 7.50. The zero-order valence-corrected chi connectivity index (χ0v) is 17.2. The Balaban J connectivity index is 1.43. The number of furan rings is 1. The molecule has 1 aliphatic rings. The summed E-state index contributed by atoms with van der Waals surface area (Å²) in [6.45, 7) is 4.58. The average Bonchev–Trinajstić information content (AvgIpc) is 3.26. The maximum atomic E-state index is 13.1. The number of carbonyl (C=O) groups is 1. The van der Waals surface area contributed by atoms with E-state index < -0.39 is 0 Å². The van der Waals surface area contributed by atoms with E-state index in [1.54, 1.807) is 29.2 Å². The van der Waals surface area contributed by atoms with Crippen LogP contribution >= 0.6 is 0 Å². The Morgan fingerprint density at radius 1 is 1.06 bits per heavy atom. The van der Waals surface area contributed by atoms with Crippen LogP contribution in [0.2, 0.25) is 0 Å². The zero-order chi connectivity index (χ0) is 21.8. The van der Waals surface area contributed by atoms with Crippen LogP contribution in [0.3, 0.4) is 0 Å². The number of nitrogens with zero attached hydrogens (tertiary/aromatic N) is 3. The first-order chi connectivity index (χ1) is 15.0. The lowest BCUT2D eigenvalue weighted by molar-refractivity contribution is -0.126. The van der Waals surface area contributed by atoms with Crippen molar-refractivity contribution in [2.75, 3.05) is 31.1 Å². The van der Waals surface area contributed by atoms with Crippen LogP contribution in [0.5, 0.6) is 0 Å². The predicted octanol–water partition coefficient (Wildman–Crippen LogP) is 4.65. The zero-order valence-electron chi connectivity index (χ0n) is 17.2. The number of aryl methyl sites for hydroxylation is 1. The highest BCUT2D eigenvalue weighted by atomic mass is 19.1. The number of nitriles is 1. The molecule has 4 rings (SSSR count). The lowest BCUT2D eigenvalue weighted by Gasteiger charge is -2.36. The minimum absolute atomic E-state index is 0.0315. The van der Waals surface area contributed by atoms with Crippen LogP contribution in [-0.4, -0.2) is 37.0 Å².